The Kier molecular flexibility index (Phi) is 3.51. The Balaban J connectivity index is 2.03. The van der Waals surface area contributed by atoms with E-state index in [0.717, 1.165) is 26.3 Å². The third-order valence-corrected chi connectivity index (χ3v) is 2.66. The molecule has 2 heterocycles. The van der Waals surface area contributed by atoms with Gasteiger partial charge in [-0.2, -0.15) is 4.57 Å². The third kappa shape index (κ3) is 2.79. The number of aromatic nitrogens is 1. The zero-order valence-corrected chi connectivity index (χ0v) is 9.56. The molecule has 1 aliphatic rings. The highest BCUT2D eigenvalue weighted by Gasteiger charge is 2.12. The molecular formula is C12H17N2O2+. The van der Waals surface area contributed by atoms with Gasteiger partial charge in [-0.25, -0.2) is 0 Å². The maximum atomic E-state index is 11.0. The molecule has 0 atom stereocenters. The maximum absolute atomic E-state index is 11.0. The van der Waals surface area contributed by atoms with Crippen molar-refractivity contribution in [2.75, 3.05) is 31.2 Å². The first-order valence-electron chi connectivity index (χ1n) is 5.57. The molecule has 4 nitrogen and oxygen atoms in total. The van der Waals surface area contributed by atoms with Gasteiger partial charge in [-0.05, 0) is 0 Å². The smallest absolute Gasteiger partial charge is 0.206 e. The van der Waals surface area contributed by atoms with E-state index in [4.69, 9.17) is 4.74 Å². The van der Waals surface area contributed by atoms with Crippen LogP contribution < -0.4 is 9.47 Å². The molecule has 1 aromatic rings. The largest absolute Gasteiger partial charge is 0.378 e. The first kappa shape index (κ1) is 11.1. The Morgan fingerprint density at radius 2 is 2.00 bits per heavy atom. The van der Waals surface area contributed by atoms with E-state index in [1.807, 2.05) is 29.1 Å². The lowest BCUT2D eigenvalue weighted by Gasteiger charge is -2.28. The van der Waals surface area contributed by atoms with Crippen LogP contribution in [-0.2, 0) is 16.1 Å². The normalized spacial score (nSPS) is 16.2. The lowest BCUT2D eigenvalue weighted by Crippen LogP contribution is -2.39. The number of hydrogen-bond donors (Lipinski definition) is 0. The van der Waals surface area contributed by atoms with Crippen LogP contribution in [0.15, 0.2) is 24.5 Å². The average molecular weight is 221 g/mol. The number of ether oxygens (including phenoxy) is 1. The summed E-state index contributed by atoms with van der Waals surface area (Å²) < 4.78 is 7.20. The Labute approximate surface area is 95.4 Å². The summed E-state index contributed by atoms with van der Waals surface area (Å²) in [4.78, 5) is 13.2. The minimum absolute atomic E-state index is 0.170. The number of morpholine rings is 1. The monoisotopic (exact) mass is 221 g/mol. The second-order valence-electron chi connectivity index (χ2n) is 4.03. The zero-order valence-electron chi connectivity index (χ0n) is 9.56. The molecule has 0 unspecified atom stereocenters. The van der Waals surface area contributed by atoms with Crippen molar-refractivity contribution >= 4 is 11.5 Å². The van der Waals surface area contributed by atoms with Gasteiger partial charge in [0.1, 0.15) is 0 Å². The molecule has 0 bridgehead atoms. The standard InChI is InChI=1S/C12H17N2O2/c1-11(15)10-13-4-2-12(3-5-13)14-6-8-16-9-7-14/h2-5H,6-10H2,1H3/q+1. The molecule has 0 N–H and O–H groups in total. The highest BCUT2D eigenvalue weighted by Crippen LogP contribution is 2.12. The average Bonchev–Trinajstić information content (AvgIpc) is 2.30. The molecule has 1 aromatic heterocycles. The molecule has 0 aromatic carbocycles. The van der Waals surface area contributed by atoms with Crippen LogP contribution in [0.4, 0.5) is 5.69 Å². The van der Waals surface area contributed by atoms with Crippen LogP contribution >= 0.6 is 0 Å². The second-order valence-corrected chi connectivity index (χ2v) is 4.03. The van der Waals surface area contributed by atoms with Gasteiger partial charge in [0.25, 0.3) is 0 Å². The number of ketones is 1. The number of carbonyl (C=O) groups excluding carboxylic acids is 1. The number of pyridine rings is 1. The van der Waals surface area contributed by atoms with E-state index in [-0.39, 0.29) is 5.78 Å². The Morgan fingerprint density at radius 3 is 2.56 bits per heavy atom. The molecule has 0 saturated carbocycles. The molecule has 4 heteroatoms. The third-order valence-electron chi connectivity index (χ3n) is 2.66. The summed E-state index contributed by atoms with van der Waals surface area (Å²) in [6.45, 7) is 5.52. The minimum Gasteiger partial charge on any atom is -0.378 e. The summed E-state index contributed by atoms with van der Waals surface area (Å²) in [5.41, 5.74) is 1.20. The van der Waals surface area contributed by atoms with E-state index < -0.39 is 0 Å². The van der Waals surface area contributed by atoms with Crippen LogP contribution in [0.1, 0.15) is 6.92 Å². The highest BCUT2D eigenvalue weighted by molar-refractivity contribution is 5.73. The number of anilines is 1. The Morgan fingerprint density at radius 1 is 1.38 bits per heavy atom. The van der Waals surface area contributed by atoms with Gasteiger partial charge in [-0.15, -0.1) is 0 Å². The van der Waals surface area contributed by atoms with E-state index >= 15 is 0 Å². The Bertz CT molecular complexity index is 356. The lowest BCUT2D eigenvalue weighted by atomic mass is 10.3. The fourth-order valence-electron chi connectivity index (χ4n) is 1.84. The van der Waals surface area contributed by atoms with Gasteiger partial charge in [0.15, 0.2) is 18.2 Å². The van der Waals surface area contributed by atoms with Crippen LogP contribution in [0.25, 0.3) is 0 Å². The van der Waals surface area contributed by atoms with Crippen LogP contribution in [0.2, 0.25) is 0 Å². The van der Waals surface area contributed by atoms with Gasteiger partial charge in [0, 0.05) is 37.8 Å². The van der Waals surface area contributed by atoms with Crippen molar-refractivity contribution in [1.29, 1.82) is 0 Å². The van der Waals surface area contributed by atoms with Gasteiger partial charge in [0.05, 0.1) is 13.2 Å². The quantitative estimate of drug-likeness (QED) is 0.693. The van der Waals surface area contributed by atoms with Crippen molar-refractivity contribution < 1.29 is 14.1 Å². The van der Waals surface area contributed by atoms with E-state index in [1.165, 1.54) is 5.69 Å². The van der Waals surface area contributed by atoms with Crippen LogP contribution in [0.5, 0.6) is 0 Å². The van der Waals surface area contributed by atoms with Gasteiger partial charge < -0.3 is 9.64 Å². The molecule has 16 heavy (non-hydrogen) atoms. The first-order valence-corrected chi connectivity index (χ1v) is 5.57. The maximum Gasteiger partial charge on any atom is 0.206 e. The predicted octanol–water partition coefficient (Wildman–Crippen LogP) is 0.400. The second kappa shape index (κ2) is 5.07. The summed E-state index contributed by atoms with van der Waals surface area (Å²) in [5.74, 6) is 0.170. The Hall–Kier alpha value is -1.42. The summed E-state index contributed by atoms with van der Waals surface area (Å²) in [7, 11) is 0. The summed E-state index contributed by atoms with van der Waals surface area (Å²) >= 11 is 0. The first-order chi connectivity index (χ1) is 7.75. The van der Waals surface area contributed by atoms with Gasteiger partial charge in [-0.1, -0.05) is 0 Å². The van der Waals surface area contributed by atoms with E-state index in [0.29, 0.717) is 6.54 Å². The van der Waals surface area contributed by atoms with Gasteiger partial charge >= 0.3 is 0 Å². The predicted molar refractivity (Wildman–Crippen MR) is 60.4 cm³/mol. The molecule has 1 fully saturated rings. The number of carbonyl (C=O) groups is 1. The van der Waals surface area contributed by atoms with Crippen molar-refractivity contribution in [1.82, 2.24) is 0 Å². The molecule has 0 radical (unpaired) electrons. The van der Waals surface area contributed by atoms with E-state index in [9.17, 15) is 4.79 Å². The van der Waals surface area contributed by atoms with Crippen molar-refractivity contribution in [2.24, 2.45) is 0 Å². The molecule has 86 valence electrons. The van der Waals surface area contributed by atoms with Crippen molar-refractivity contribution in [3.05, 3.63) is 24.5 Å². The van der Waals surface area contributed by atoms with Gasteiger partial charge in [0.2, 0.25) is 6.54 Å². The van der Waals surface area contributed by atoms with Crippen molar-refractivity contribution in [3.8, 4) is 0 Å². The lowest BCUT2D eigenvalue weighted by molar-refractivity contribution is -0.684. The van der Waals surface area contributed by atoms with Crippen molar-refractivity contribution in [2.45, 2.75) is 13.5 Å². The van der Waals surface area contributed by atoms with E-state index in [1.54, 1.807) is 6.92 Å². The fourth-order valence-corrected chi connectivity index (χ4v) is 1.84. The molecule has 1 saturated heterocycles. The highest BCUT2D eigenvalue weighted by atomic mass is 16.5. The molecule has 0 aliphatic carbocycles. The van der Waals surface area contributed by atoms with Crippen LogP contribution in [0, 0.1) is 0 Å². The summed E-state index contributed by atoms with van der Waals surface area (Å²) in [6, 6.07) is 4.10. The van der Waals surface area contributed by atoms with Crippen LogP contribution in [0.3, 0.4) is 0 Å². The van der Waals surface area contributed by atoms with Gasteiger partial charge in [-0.3, -0.25) is 4.79 Å². The van der Waals surface area contributed by atoms with Crippen LogP contribution in [-0.4, -0.2) is 32.1 Å². The number of hydrogen-bond acceptors (Lipinski definition) is 3. The number of rotatable bonds is 3. The minimum atomic E-state index is 0.170. The van der Waals surface area contributed by atoms with E-state index in [2.05, 4.69) is 4.90 Å². The molecule has 0 amide bonds. The topological polar surface area (TPSA) is 33.4 Å². The summed E-state index contributed by atoms with van der Waals surface area (Å²) in [5, 5.41) is 0. The fraction of sp³-hybridized carbons (Fsp3) is 0.500. The number of nitrogens with zero attached hydrogens (tertiary/aromatic N) is 2. The number of Topliss-reactive ketones (excluding diaryl/α,β-unsaturated/α-hetero) is 1. The van der Waals surface area contributed by atoms with Crippen molar-refractivity contribution in [3.63, 3.8) is 0 Å². The molecule has 0 spiro atoms. The SMILES string of the molecule is CC(=O)C[n+]1ccc(N2CCOCC2)cc1. The summed E-state index contributed by atoms with van der Waals surface area (Å²) in [6.07, 6.45) is 3.90. The molecule has 1 aliphatic heterocycles. The zero-order chi connectivity index (χ0) is 11.4. The molecule has 2 rings (SSSR count). The molecular weight excluding hydrogens is 204 g/mol.